The number of hydrogen-bond donors (Lipinski definition) is 0. The molecule has 0 unspecified atom stereocenters. The Balaban J connectivity index is 1.53. The Hall–Kier alpha value is -2.50. The molecule has 3 heterocycles. The lowest BCUT2D eigenvalue weighted by atomic mass is 10.1. The van der Waals surface area contributed by atoms with E-state index >= 15 is 0 Å². The number of nitrogens with zero attached hydrogens (tertiary/aromatic N) is 3. The zero-order valence-electron chi connectivity index (χ0n) is 12.7. The molecule has 1 aliphatic rings. The summed E-state index contributed by atoms with van der Waals surface area (Å²) >= 11 is 0. The maximum absolute atomic E-state index is 12.0. The van der Waals surface area contributed by atoms with Crippen LogP contribution in [-0.4, -0.2) is 39.1 Å². The molecule has 0 N–H and O–H groups in total. The zero-order chi connectivity index (χ0) is 15.7. The van der Waals surface area contributed by atoms with Crippen molar-refractivity contribution >= 4 is 5.91 Å². The van der Waals surface area contributed by atoms with Crippen LogP contribution in [0, 0.1) is 6.92 Å². The number of rotatable bonds is 4. The predicted molar refractivity (Wildman–Crippen MR) is 81.8 cm³/mol. The molecule has 6 nitrogen and oxygen atoms in total. The molecule has 1 aliphatic heterocycles. The number of ether oxygens (including phenoxy) is 1. The first-order valence-electron chi connectivity index (χ1n) is 7.26. The van der Waals surface area contributed by atoms with Crippen LogP contribution in [0.15, 0.2) is 41.5 Å². The fraction of sp³-hybridized carbons (Fsp3) is 0.375. The van der Waals surface area contributed by atoms with E-state index in [9.17, 15) is 9.59 Å². The molecule has 0 aliphatic carbocycles. The normalized spacial score (nSPS) is 14.7. The third-order valence-electron chi connectivity index (χ3n) is 3.96. The molecule has 3 rings (SSSR count). The van der Waals surface area contributed by atoms with Crippen molar-refractivity contribution in [2.24, 2.45) is 7.05 Å². The average Bonchev–Trinajstić information content (AvgIpc) is 2.92. The zero-order valence-corrected chi connectivity index (χ0v) is 12.7. The van der Waals surface area contributed by atoms with Crippen LogP contribution in [0.3, 0.4) is 0 Å². The van der Waals surface area contributed by atoms with E-state index in [0.717, 1.165) is 5.69 Å². The monoisotopic (exact) mass is 301 g/mol. The number of amides is 1. The quantitative estimate of drug-likeness (QED) is 0.839. The lowest BCUT2D eigenvalue weighted by Crippen LogP contribution is -2.56. The Labute approximate surface area is 128 Å². The number of pyridine rings is 1. The van der Waals surface area contributed by atoms with Crippen molar-refractivity contribution in [1.82, 2.24) is 14.0 Å². The van der Waals surface area contributed by atoms with Gasteiger partial charge in [-0.05, 0) is 25.1 Å². The first kappa shape index (κ1) is 14.4. The molecule has 0 spiro atoms. The Kier molecular flexibility index (Phi) is 3.75. The maximum Gasteiger partial charge on any atom is 0.254 e. The summed E-state index contributed by atoms with van der Waals surface area (Å²) in [7, 11) is 1.73. The van der Waals surface area contributed by atoms with Gasteiger partial charge in [0.1, 0.15) is 18.4 Å². The van der Waals surface area contributed by atoms with Crippen molar-refractivity contribution < 1.29 is 9.53 Å². The molecule has 0 saturated carbocycles. The lowest BCUT2D eigenvalue weighted by Gasteiger charge is -2.39. The fourth-order valence-corrected chi connectivity index (χ4v) is 2.45. The Morgan fingerprint density at radius 1 is 1.27 bits per heavy atom. The van der Waals surface area contributed by atoms with Gasteiger partial charge in [0.2, 0.25) is 5.91 Å². The van der Waals surface area contributed by atoms with Gasteiger partial charge in [0, 0.05) is 31.2 Å². The van der Waals surface area contributed by atoms with E-state index in [1.807, 2.05) is 42.1 Å². The minimum Gasteiger partial charge on any atom is -0.486 e. The van der Waals surface area contributed by atoms with Crippen LogP contribution < -0.4 is 10.3 Å². The highest BCUT2D eigenvalue weighted by atomic mass is 16.5. The first-order valence-corrected chi connectivity index (χ1v) is 7.26. The van der Waals surface area contributed by atoms with Gasteiger partial charge < -0.3 is 18.8 Å². The van der Waals surface area contributed by atoms with Gasteiger partial charge >= 0.3 is 0 Å². The van der Waals surface area contributed by atoms with E-state index in [0.29, 0.717) is 25.4 Å². The molecule has 2 aromatic heterocycles. The van der Waals surface area contributed by atoms with Crippen LogP contribution in [-0.2, 0) is 18.4 Å². The Morgan fingerprint density at radius 2 is 1.95 bits per heavy atom. The second kappa shape index (κ2) is 5.71. The fourth-order valence-electron chi connectivity index (χ4n) is 2.45. The second-order valence-electron chi connectivity index (χ2n) is 5.62. The van der Waals surface area contributed by atoms with Crippen molar-refractivity contribution in [3.8, 4) is 5.75 Å². The molecule has 22 heavy (non-hydrogen) atoms. The van der Waals surface area contributed by atoms with Gasteiger partial charge in [-0.2, -0.15) is 0 Å². The van der Waals surface area contributed by atoms with E-state index in [4.69, 9.17) is 4.74 Å². The summed E-state index contributed by atoms with van der Waals surface area (Å²) in [6.45, 7) is 3.34. The highest BCUT2D eigenvalue weighted by Gasteiger charge is 2.32. The SMILES string of the molecule is Cc1cc(OC2CN(C(=O)Cn3cccc3)C2)cc(=O)n1C. The molecule has 0 aromatic carbocycles. The Morgan fingerprint density at radius 3 is 2.59 bits per heavy atom. The summed E-state index contributed by atoms with van der Waals surface area (Å²) in [6, 6.07) is 7.12. The average molecular weight is 301 g/mol. The third-order valence-corrected chi connectivity index (χ3v) is 3.96. The third kappa shape index (κ3) is 2.90. The Bertz CT molecular complexity index is 728. The van der Waals surface area contributed by atoms with Gasteiger partial charge in [-0.3, -0.25) is 9.59 Å². The molecular formula is C16H19N3O3. The molecule has 1 saturated heterocycles. The summed E-state index contributed by atoms with van der Waals surface area (Å²) in [4.78, 5) is 25.5. The standard InChI is InChI=1S/C16H19N3O3/c1-12-7-13(8-15(20)17(12)2)22-14-9-19(10-14)16(21)11-18-5-3-4-6-18/h3-8,14H,9-11H2,1-2H3. The van der Waals surface area contributed by atoms with Crippen molar-refractivity contribution in [3.05, 3.63) is 52.7 Å². The summed E-state index contributed by atoms with van der Waals surface area (Å²) in [5.74, 6) is 0.652. The van der Waals surface area contributed by atoms with Crippen molar-refractivity contribution in [2.75, 3.05) is 13.1 Å². The van der Waals surface area contributed by atoms with Crippen LogP contribution in [0.1, 0.15) is 5.69 Å². The number of aromatic nitrogens is 2. The van der Waals surface area contributed by atoms with Gasteiger partial charge in [-0.25, -0.2) is 0 Å². The van der Waals surface area contributed by atoms with Gasteiger partial charge in [0.05, 0.1) is 13.1 Å². The van der Waals surface area contributed by atoms with Crippen LogP contribution in [0.5, 0.6) is 5.75 Å². The minimum atomic E-state index is -0.0881. The van der Waals surface area contributed by atoms with Crippen LogP contribution in [0.25, 0.3) is 0 Å². The molecule has 1 fully saturated rings. The molecular weight excluding hydrogens is 282 g/mol. The van der Waals surface area contributed by atoms with E-state index in [-0.39, 0.29) is 17.6 Å². The van der Waals surface area contributed by atoms with Gasteiger partial charge in [0.15, 0.2) is 0 Å². The number of hydrogen-bond acceptors (Lipinski definition) is 3. The summed E-state index contributed by atoms with van der Waals surface area (Å²) in [5, 5.41) is 0. The van der Waals surface area contributed by atoms with E-state index < -0.39 is 0 Å². The summed E-state index contributed by atoms with van der Waals surface area (Å²) in [6.07, 6.45) is 3.70. The number of carbonyl (C=O) groups excluding carboxylic acids is 1. The number of likely N-dealkylation sites (tertiary alicyclic amines) is 1. The minimum absolute atomic E-state index is 0.0416. The van der Waals surface area contributed by atoms with Gasteiger partial charge in [-0.15, -0.1) is 0 Å². The van der Waals surface area contributed by atoms with E-state index in [1.165, 1.54) is 6.07 Å². The molecule has 6 heteroatoms. The summed E-state index contributed by atoms with van der Waals surface area (Å²) in [5.41, 5.74) is 0.761. The van der Waals surface area contributed by atoms with Crippen molar-refractivity contribution in [1.29, 1.82) is 0 Å². The highest BCUT2D eigenvalue weighted by Crippen LogP contribution is 2.18. The van der Waals surface area contributed by atoms with Crippen LogP contribution in [0.2, 0.25) is 0 Å². The molecule has 0 atom stereocenters. The van der Waals surface area contributed by atoms with Crippen molar-refractivity contribution in [3.63, 3.8) is 0 Å². The molecule has 1 amide bonds. The number of carbonyl (C=O) groups is 1. The van der Waals surface area contributed by atoms with Crippen LogP contribution in [0.4, 0.5) is 0 Å². The van der Waals surface area contributed by atoms with Crippen molar-refractivity contribution in [2.45, 2.75) is 19.6 Å². The number of aryl methyl sites for hydroxylation is 1. The van der Waals surface area contributed by atoms with Crippen LogP contribution >= 0.6 is 0 Å². The van der Waals surface area contributed by atoms with E-state index in [2.05, 4.69) is 0 Å². The molecule has 116 valence electrons. The highest BCUT2D eigenvalue weighted by molar-refractivity contribution is 5.77. The van der Waals surface area contributed by atoms with Gasteiger partial charge in [-0.1, -0.05) is 0 Å². The lowest BCUT2D eigenvalue weighted by molar-refractivity contribution is -0.140. The largest absolute Gasteiger partial charge is 0.486 e. The van der Waals surface area contributed by atoms with E-state index in [1.54, 1.807) is 16.5 Å². The predicted octanol–water partition coefficient (Wildman–Crippen LogP) is 0.785. The smallest absolute Gasteiger partial charge is 0.254 e. The second-order valence-corrected chi connectivity index (χ2v) is 5.62. The first-order chi connectivity index (χ1) is 10.5. The summed E-state index contributed by atoms with van der Waals surface area (Å²) < 4.78 is 9.19. The van der Waals surface area contributed by atoms with Gasteiger partial charge in [0.25, 0.3) is 5.56 Å². The molecule has 0 radical (unpaired) electrons. The maximum atomic E-state index is 12.0. The topological polar surface area (TPSA) is 56.5 Å². The molecule has 2 aromatic rings. The molecule has 0 bridgehead atoms.